The number of rotatable bonds is 4. The molecule has 1 aromatic rings. The molecule has 0 saturated heterocycles. The van der Waals surface area contributed by atoms with Gasteiger partial charge in [-0.05, 0) is 30.7 Å². The number of hydrogen-bond acceptors (Lipinski definition) is 3. The molecule has 0 heterocycles. The van der Waals surface area contributed by atoms with Gasteiger partial charge in [0.1, 0.15) is 5.75 Å². The molecule has 4 heteroatoms. The number of carbonyl (C=O) groups is 2. The smallest absolute Gasteiger partial charge is 0.331 e. The van der Waals surface area contributed by atoms with Gasteiger partial charge >= 0.3 is 11.9 Å². The molecule has 0 aromatic heterocycles. The Morgan fingerprint density at radius 3 is 2.35 bits per heavy atom. The highest BCUT2D eigenvalue weighted by molar-refractivity contribution is 5.91. The summed E-state index contributed by atoms with van der Waals surface area (Å²) in [5.74, 6) is -0.788. The van der Waals surface area contributed by atoms with E-state index in [-0.39, 0.29) is 11.5 Å². The number of aliphatic carboxylic acids is 1. The van der Waals surface area contributed by atoms with E-state index in [1.807, 2.05) is 0 Å². The second-order valence-electron chi connectivity index (χ2n) is 3.53. The van der Waals surface area contributed by atoms with E-state index in [0.717, 1.165) is 5.56 Å². The van der Waals surface area contributed by atoms with Crippen LogP contribution in [0.25, 0.3) is 6.08 Å². The molecule has 0 radical (unpaired) electrons. The third-order valence-corrected chi connectivity index (χ3v) is 2.12. The normalized spacial score (nSPS) is 11.1. The Hall–Kier alpha value is -2.10. The number of carboxylic acid groups (broad SMARTS) is 1. The maximum Gasteiger partial charge on any atom is 0.331 e. The van der Waals surface area contributed by atoms with E-state index in [4.69, 9.17) is 9.84 Å². The molecular weight excluding hydrogens is 220 g/mol. The van der Waals surface area contributed by atoms with Crippen molar-refractivity contribution in [2.75, 3.05) is 0 Å². The molecule has 0 spiro atoms. The van der Waals surface area contributed by atoms with Crippen molar-refractivity contribution in [2.45, 2.75) is 20.3 Å². The first-order chi connectivity index (χ1) is 8.02. The van der Waals surface area contributed by atoms with Crippen LogP contribution >= 0.6 is 0 Å². The van der Waals surface area contributed by atoms with E-state index in [2.05, 4.69) is 0 Å². The third-order valence-electron chi connectivity index (χ3n) is 2.12. The van der Waals surface area contributed by atoms with Crippen molar-refractivity contribution in [2.24, 2.45) is 0 Å². The van der Waals surface area contributed by atoms with Crippen molar-refractivity contribution in [3.8, 4) is 5.75 Å². The van der Waals surface area contributed by atoms with E-state index in [1.54, 1.807) is 37.3 Å². The van der Waals surface area contributed by atoms with Crippen LogP contribution < -0.4 is 4.74 Å². The molecule has 4 nitrogen and oxygen atoms in total. The molecule has 0 amide bonds. The van der Waals surface area contributed by atoms with Gasteiger partial charge in [0, 0.05) is 12.0 Å². The van der Waals surface area contributed by atoms with Gasteiger partial charge in [0.05, 0.1) is 0 Å². The van der Waals surface area contributed by atoms with Crippen LogP contribution in [0.5, 0.6) is 5.75 Å². The molecule has 0 saturated carbocycles. The highest BCUT2D eigenvalue weighted by Gasteiger charge is 2.02. The highest BCUT2D eigenvalue weighted by Crippen LogP contribution is 2.15. The quantitative estimate of drug-likeness (QED) is 0.494. The monoisotopic (exact) mass is 234 g/mol. The van der Waals surface area contributed by atoms with Crippen molar-refractivity contribution in [1.82, 2.24) is 0 Å². The standard InChI is InChI=1S/C13H14O4/c1-3-12(14)17-11-6-4-10(5-7-11)8-9(2)13(15)16/h4-8H,3H2,1-2H3,(H,15,16). The fraction of sp³-hybridized carbons (Fsp3) is 0.231. The Balaban J connectivity index is 2.78. The topological polar surface area (TPSA) is 63.6 Å². The Morgan fingerprint density at radius 2 is 1.88 bits per heavy atom. The number of ether oxygens (including phenoxy) is 1. The average molecular weight is 234 g/mol. The largest absolute Gasteiger partial charge is 0.478 e. The Kier molecular flexibility index (Phi) is 4.46. The fourth-order valence-corrected chi connectivity index (χ4v) is 1.15. The lowest BCUT2D eigenvalue weighted by molar-refractivity contribution is -0.134. The summed E-state index contributed by atoms with van der Waals surface area (Å²) < 4.78 is 5.00. The molecule has 0 aliphatic rings. The molecule has 0 unspecified atom stereocenters. The van der Waals surface area contributed by atoms with Crippen molar-refractivity contribution in [3.63, 3.8) is 0 Å². The summed E-state index contributed by atoms with van der Waals surface area (Å²) in [5, 5.41) is 8.71. The first kappa shape index (κ1) is 13.0. The SMILES string of the molecule is CCC(=O)Oc1ccc(C=C(C)C(=O)O)cc1. The van der Waals surface area contributed by atoms with Crippen molar-refractivity contribution >= 4 is 18.0 Å². The Bertz CT molecular complexity index is 443. The first-order valence-electron chi connectivity index (χ1n) is 5.25. The zero-order valence-corrected chi connectivity index (χ0v) is 9.77. The van der Waals surface area contributed by atoms with Gasteiger partial charge in [0.2, 0.25) is 0 Å². The third kappa shape index (κ3) is 4.10. The lowest BCUT2D eigenvalue weighted by atomic mass is 10.1. The van der Waals surface area contributed by atoms with E-state index in [0.29, 0.717) is 12.2 Å². The van der Waals surface area contributed by atoms with Gasteiger partial charge in [0.25, 0.3) is 0 Å². The predicted octanol–water partition coefficient (Wildman–Crippen LogP) is 2.49. The van der Waals surface area contributed by atoms with Gasteiger partial charge in [-0.2, -0.15) is 0 Å². The van der Waals surface area contributed by atoms with Gasteiger partial charge in [0.15, 0.2) is 0 Å². The Labute approximate surface area is 99.5 Å². The number of carbonyl (C=O) groups excluding carboxylic acids is 1. The summed E-state index contributed by atoms with van der Waals surface area (Å²) in [6.45, 7) is 3.24. The summed E-state index contributed by atoms with van der Waals surface area (Å²) in [5.41, 5.74) is 1.00. The molecule has 1 rings (SSSR count). The number of carboxylic acids is 1. The van der Waals surface area contributed by atoms with Crippen LogP contribution in [0, 0.1) is 0 Å². The molecule has 0 bridgehead atoms. The minimum Gasteiger partial charge on any atom is -0.478 e. The number of benzene rings is 1. The fourth-order valence-electron chi connectivity index (χ4n) is 1.15. The molecule has 90 valence electrons. The first-order valence-corrected chi connectivity index (χ1v) is 5.25. The summed E-state index contributed by atoms with van der Waals surface area (Å²) in [4.78, 5) is 21.6. The number of hydrogen-bond donors (Lipinski definition) is 1. The average Bonchev–Trinajstić information content (AvgIpc) is 2.31. The van der Waals surface area contributed by atoms with E-state index < -0.39 is 5.97 Å². The maximum absolute atomic E-state index is 11.0. The summed E-state index contributed by atoms with van der Waals surface area (Å²) in [6, 6.07) is 6.67. The Morgan fingerprint density at radius 1 is 1.29 bits per heavy atom. The second-order valence-corrected chi connectivity index (χ2v) is 3.53. The van der Waals surface area contributed by atoms with Crippen LogP contribution in [0.3, 0.4) is 0 Å². The molecule has 0 atom stereocenters. The van der Waals surface area contributed by atoms with Crippen molar-refractivity contribution in [1.29, 1.82) is 0 Å². The van der Waals surface area contributed by atoms with Crippen molar-refractivity contribution < 1.29 is 19.4 Å². The minimum absolute atomic E-state index is 0.253. The minimum atomic E-state index is -0.952. The van der Waals surface area contributed by atoms with E-state index in [1.165, 1.54) is 6.92 Å². The zero-order valence-electron chi connectivity index (χ0n) is 9.77. The van der Waals surface area contributed by atoms with Crippen LogP contribution in [-0.4, -0.2) is 17.0 Å². The molecule has 1 N–H and O–H groups in total. The summed E-state index contributed by atoms with van der Waals surface area (Å²) >= 11 is 0. The van der Waals surface area contributed by atoms with Crippen LogP contribution in [0.2, 0.25) is 0 Å². The predicted molar refractivity (Wildman–Crippen MR) is 63.7 cm³/mol. The van der Waals surface area contributed by atoms with E-state index in [9.17, 15) is 9.59 Å². The summed E-state index contributed by atoms with van der Waals surface area (Å²) in [6.07, 6.45) is 1.87. The molecule has 17 heavy (non-hydrogen) atoms. The lowest BCUT2D eigenvalue weighted by Crippen LogP contribution is -2.05. The van der Waals surface area contributed by atoms with Gasteiger partial charge in [-0.25, -0.2) is 4.79 Å². The van der Waals surface area contributed by atoms with Gasteiger partial charge < -0.3 is 9.84 Å². The molecule has 0 fully saturated rings. The summed E-state index contributed by atoms with van der Waals surface area (Å²) in [7, 11) is 0. The van der Waals surface area contributed by atoms with E-state index >= 15 is 0 Å². The van der Waals surface area contributed by atoms with Crippen LogP contribution in [0.1, 0.15) is 25.8 Å². The molecule has 0 aliphatic heterocycles. The van der Waals surface area contributed by atoms with Gasteiger partial charge in [-0.15, -0.1) is 0 Å². The molecule has 1 aromatic carbocycles. The number of esters is 1. The van der Waals surface area contributed by atoms with Gasteiger partial charge in [-0.1, -0.05) is 19.1 Å². The second kappa shape index (κ2) is 5.84. The van der Waals surface area contributed by atoms with Crippen LogP contribution in [0.4, 0.5) is 0 Å². The maximum atomic E-state index is 11.0. The van der Waals surface area contributed by atoms with Crippen LogP contribution in [-0.2, 0) is 9.59 Å². The van der Waals surface area contributed by atoms with Crippen molar-refractivity contribution in [3.05, 3.63) is 35.4 Å². The van der Waals surface area contributed by atoms with Gasteiger partial charge in [-0.3, -0.25) is 4.79 Å². The molecular formula is C13H14O4. The van der Waals surface area contributed by atoms with Crippen LogP contribution in [0.15, 0.2) is 29.8 Å². The zero-order chi connectivity index (χ0) is 12.8. The lowest BCUT2D eigenvalue weighted by Gasteiger charge is -2.02. The highest BCUT2D eigenvalue weighted by atomic mass is 16.5. The molecule has 0 aliphatic carbocycles.